The molecule has 1 amide bonds. The number of non-ortho nitro benzene ring substituents is 1. The quantitative estimate of drug-likeness (QED) is 0.173. The number of methoxy groups -OCH3 is 1. The van der Waals surface area contributed by atoms with E-state index in [1.165, 1.54) is 23.9 Å². The van der Waals surface area contributed by atoms with Crippen molar-refractivity contribution in [2.75, 3.05) is 13.7 Å². The lowest BCUT2D eigenvalue weighted by Crippen LogP contribution is -2.28. The number of carbonyl (C=O) groups excluding carboxylic acids is 1. The Kier molecular flexibility index (Phi) is 8.07. The largest absolute Gasteiger partial charge is 0.497 e. The molecule has 1 saturated heterocycles. The van der Waals surface area contributed by atoms with Gasteiger partial charge in [0.15, 0.2) is 5.17 Å². The second-order valence-corrected chi connectivity index (χ2v) is 9.58. The van der Waals surface area contributed by atoms with Crippen molar-refractivity contribution in [3.63, 3.8) is 0 Å². The van der Waals surface area contributed by atoms with E-state index in [0.29, 0.717) is 39.2 Å². The van der Waals surface area contributed by atoms with Gasteiger partial charge in [0.05, 0.1) is 22.6 Å². The average Bonchev–Trinajstić information content (AvgIpc) is 3.17. The molecule has 4 rings (SSSR count). The van der Waals surface area contributed by atoms with Crippen LogP contribution in [0.25, 0.3) is 6.08 Å². The van der Waals surface area contributed by atoms with Crippen LogP contribution < -0.4 is 9.47 Å². The molecule has 184 valence electrons. The van der Waals surface area contributed by atoms with Crippen molar-refractivity contribution >= 4 is 56.2 Å². The predicted molar refractivity (Wildman–Crippen MR) is 145 cm³/mol. The monoisotopic (exact) mass is 567 g/mol. The molecule has 0 spiro atoms. The van der Waals surface area contributed by atoms with Crippen LogP contribution in [0, 0.1) is 10.1 Å². The highest BCUT2D eigenvalue weighted by atomic mass is 79.9. The zero-order valence-corrected chi connectivity index (χ0v) is 21.9. The number of amidine groups is 1. The number of likely N-dealkylation sites (N-methyl/N-ethyl adjacent to an activating group) is 1. The Bertz CT molecular complexity index is 1360. The van der Waals surface area contributed by atoms with E-state index in [0.717, 1.165) is 10.2 Å². The van der Waals surface area contributed by atoms with Gasteiger partial charge in [0.1, 0.15) is 18.1 Å². The summed E-state index contributed by atoms with van der Waals surface area (Å²) in [4.78, 5) is 30.6. The number of nitro benzene ring substituents is 1. The van der Waals surface area contributed by atoms with Crippen molar-refractivity contribution in [3.05, 3.63) is 97.3 Å². The summed E-state index contributed by atoms with van der Waals surface area (Å²) in [5, 5.41) is 11.7. The van der Waals surface area contributed by atoms with Gasteiger partial charge in [0, 0.05) is 28.7 Å². The van der Waals surface area contributed by atoms with E-state index in [-0.39, 0.29) is 18.2 Å². The lowest BCUT2D eigenvalue weighted by Gasteiger charge is -2.12. The minimum Gasteiger partial charge on any atom is -0.497 e. The molecule has 3 aromatic rings. The summed E-state index contributed by atoms with van der Waals surface area (Å²) in [6.07, 6.45) is 1.78. The summed E-state index contributed by atoms with van der Waals surface area (Å²) in [7, 11) is 1.60. The van der Waals surface area contributed by atoms with Gasteiger partial charge in [-0.25, -0.2) is 4.99 Å². The molecule has 0 saturated carbocycles. The molecule has 8 nitrogen and oxygen atoms in total. The third-order valence-corrected chi connectivity index (χ3v) is 6.78. The number of thioether (sulfide) groups is 1. The van der Waals surface area contributed by atoms with Crippen LogP contribution in [0.3, 0.4) is 0 Å². The molecule has 3 aromatic carbocycles. The molecular formula is C26H22BrN3O5S. The molecule has 0 aromatic heterocycles. The topological polar surface area (TPSA) is 94.3 Å². The maximum atomic E-state index is 13.1. The van der Waals surface area contributed by atoms with Crippen LogP contribution in [0.5, 0.6) is 11.5 Å². The summed E-state index contributed by atoms with van der Waals surface area (Å²) in [5.74, 6) is 1.14. The van der Waals surface area contributed by atoms with E-state index in [4.69, 9.17) is 9.47 Å². The molecule has 1 aliphatic rings. The highest BCUT2D eigenvalue weighted by molar-refractivity contribution is 9.10. The number of hydrogen-bond donors (Lipinski definition) is 0. The lowest BCUT2D eigenvalue weighted by atomic mass is 10.1. The van der Waals surface area contributed by atoms with Crippen LogP contribution in [-0.2, 0) is 11.4 Å². The maximum absolute atomic E-state index is 13.1. The highest BCUT2D eigenvalue weighted by Gasteiger charge is 2.32. The molecule has 1 heterocycles. The summed E-state index contributed by atoms with van der Waals surface area (Å²) in [5.41, 5.74) is 2.09. The van der Waals surface area contributed by atoms with Gasteiger partial charge in [-0.05, 0) is 72.8 Å². The number of halogens is 1. The molecular weight excluding hydrogens is 546 g/mol. The number of nitro groups is 1. The van der Waals surface area contributed by atoms with Crippen LogP contribution in [0.4, 0.5) is 11.4 Å². The summed E-state index contributed by atoms with van der Waals surface area (Å²) >= 11 is 4.78. The first-order chi connectivity index (χ1) is 17.4. The van der Waals surface area contributed by atoms with Crippen LogP contribution in [-0.4, -0.2) is 34.6 Å². The van der Waals surface area contributed by atoms with Gasteiger partial charge in [-0.15, -0.1) is 0 Å². The molecule has 36 heavy (non-hydrogen) atoms. The highest BCUT2D eigenvalue weighted by Crippen LogP contribution is 2.36. The van der Waals surface area contributed by atoms with E-state index in [2.05, 4.69) is 20.9 Å². The van der Waals surface area contributed by atoms with Crippen molar-refractivity contribution in [2.45, 2.75) is 13.5 Å². The third kappa shape index (κ3) is 5.95. The van der Waals surface area contributed by atoms with Crippen molar-refractivity contribution in [3.8, 4) is 11.5 Å². The number of carbonyl (C=O) groups is 1. The van der Waals surface area contributed by atoms with E-state index in [9.17, 15) is 14.9 Å². The predicted octanol–water partition coefficient (Wildman–Crippen LogP) is 6.57. The molecule has 0 aliphatic carbocycles. The number of rotatable bonds is 8. The van der Waals surface area contributed by atoms with Gasteiger partial charge < -0.3 is 9.47 Å². The van der Waals surface area contributed by atoms with Crippen molar-refractivity contribution in [1.29, 1.82) is 0 Å². The number of amides is 1. The molecule has 10 heteroatoms. The second kappa shape index (κ2) is 11.4. The minimum absolute atomic E-state index is 0.00512. The molecule has 1 aliphatic heterocycles. The lowest BCUT2D eigenvalue weighted by molar-refractivity contribution is -0.384. The maximum Gasteiger partial charge on any atom is 0.269 e. The summed E-state index contributed by atoms with van der Waals surface area (Å²) < 4.78 is 12.0. The first-order valence-corrected chi connectivity index (χ1v) is 12.6. The molecule has 0 N–H and O–H groups in total. The summed E-state index contributed by atoms with van der Waals surface area (Å²) in [6, 6.07) is 19.1. The summed E-state index contributed by atoms with van der Waals surface area (Å²) in [6.45, 7) is 2.52. The number of hydrogen-bond acceptors (Lipinski definition) is 7. The number of benzene rings is 3. The van der Waals surface area contributed by atoms with Gasteiger partial charge in [-0.3, -0.25) is 19.8 Å². The van der Waals surface area contributed by atoms with Crippen molar-refractivity contribution in [2.24, 2.45) is 4.99 Å². The minimum atomic E-state index is -0.438. The Hall–Kier alpha value is -3.63. The van der Waals surface area contributed by atoms with Crippen LogP contribution in [0.2, 0.25) is 0 Å². The standard InChI is InChI=1S/C26H22BrN3O5S/c1-3-29-25(31)24(36-26(29)28-20-8-10-22(34-2)11-9-20)15-18-14-19(27)7-12-23(18)35-16-17-5-4-6-21(13-17)30(32)33/h4-15H,3,16H2,1-2H3/b24-15+,28-26?. The Morgan fingerprint density at radius 3 is 2.61 bits per heavy atom. The first kappa shape index (κ1) is 25.5. The van der Waals surface area contributed by atoms with E-state index < -0.39 is 4.92 Å². The zero-order chi connectivity index (χ0) is 25.7. The molecule has 0 bridgehead atoms. The Morgan fingerprint density at radius 2 is 1.92 bits per heavy atom. The Balaban J connectivity index is 1.59. The van der Waals surface area contributed by atoms with E-state index in [1.807, 2.05) is 43.3 Å². The Morgan fingerprint density at radius 1 is 1.14 bits per heavy atom. The molecule has 0 atom stereocenters. The van der Waals surface area contributed by atoms with Crippen molar-refractivity contribution < 1.29 is 19.2 Å². The number of ether oxygens (including phenoxy) is 2. The number of aliphatic imine (C=N–C) groups is 1. The van der Waals surface area contributed by atoms with Gasteiger partial charge in [0.2, 0.25) is 0 Å². The van der Waals surface area contributed by atoms with Crippen LogP contribution in [0.15, 0.2) is 81.1 Å². The Labute approximate surface area is 220 Å². The molecule has 0 unspecified atom stereocenters. The van der Waals surface area contributed by atoms with E-state index in [1.54, 1.807) is 36.3 Å². The van der Waals surface area contributed by atoms with Gasteiger partial charge in [0.25, 0.3) is 11.6 Å². The fourth-order valence-corrected chi connectivity index (χ4v) is 4.90. The smallest absolute Gasteiger partial charge is 0.269 e. The molecule has 0 radical (unpaired) electrons. The van der Waals surface area contributed by atoms with Gasteiger partial charge >= 0.3 is 0 Å². The van der Waals surface area contributed by atoms with Gasteiger partial charge in [-0.2, -0.15) is 0 Å². The van der Waals surface area contributed by atoms with E-state index >= 15 is 0 Å². The SMILES string of the molecule is CCN1C(=O)/C(=C\c2cc(Br)ccc2OCc2cccc([N+](=O)[O-])c2)SC1=Nc1ccc(OC)cc1. The second-order valence-electron chi connectivity index (χ2n) is 7.65. The fourth-order valence-electron chi connectivity index (χ4n) is 3.46. The normalized spacial score (nSPS) is 15.5. The van der Waals surface area contributed by atoms with Gasteiger partial charge in [-0.1, -0.05) is 28.1 Å². The van der Waals surface area contributed by atoms with Crippen molar-refractivity contribution in [1.82, 2.24) is 4.90 Å². The van der Waals surface area contributed by atoms with Crippen LogP contribution >= 0.6 is 27.7 Å². The molecule has 1 fully saturated rings. The zero-order valence-electron chi connectivity index (χ0n) is 19.5. The third-order valence-electron chi connectivity index (χ3n) is 5.28. The number of nitrogens with zero attached hydrogens (tertiary/aromatic N) is 3. The first-order valence-electron chi connectivity index (χ1n) is 11.0. The fraction of sp³-hybridized carbons (Fsp3) is 0.154. The average molecular weight is 568 g/mol. The van der Waals surface area contributed by atoms with Crippen LogP contribution in [0.1, 0.15) is 18.1 Å².